The van der Waals surface area contributed by atoms with Gasteiger partial charge < -0.3 is 10.2 Å². The average Bonchev–Trinajstić information content (AvgIpc) is 2.35. The van der Waals surface area contributed by atoms with Crippen LogP contribution in [0.15, 0.2) is 0 Å². The van der Waals surface area contributed by atoms with Gasteiger partial charge in [-0.05, 0) is 52.7 Å². The zero-order valence-electron chi connectivity index (χ0n) is 13.9. The quantitative estimate of drug-likeness (QED) is 0.766. The number of rotatable bonds is 7. The summed E-state index contributed by atoms with van der Waals surface area (Å²) in [5.41, 5.74) is 0. The smallest absolute Gasteiger partial charge is 0.0221 e. The topological polar surface area (TPSA) is 18.5 Å². The SMILES string of the molecule is CCC1CNC(CC(C)C)CN1C(C)CCN(C)C. The molecule has 0 amide bonds. The molecule has 0 aliphatic carbocycles. The van der Waals surface area contributed by atoms with Crippen molar-refractivity contribution in [3.63, 3.8) is 0 Å². The molecule has 0 saturated carbocycles. The molecule has 1 rings (SSSR count). The molecule has 3 atom stereocenters. The Morgan fingerprint density at radius 3 is 2.47 bits per heavy atom. The summed E-state index contributed by atoms with van der Waals surface area (Å²) in [4.78, 5) is 5.05. The summed E-state index contributed by atoms with van der Waals surface area (Å²) in [5, 5.41) is 3.75. The van der Waals surface area contributed by atoms with E-state index in [1.807, 2.05) is 0 Å². The molecule has 1 aliphatic rings. The van der Waals surface area contributed by atoms with Crippen LogP contribution in [0.25, 0.3) is 0 Å². The van der Waals surface area contributed by atoms with Gasteiger partial charge in [0.2, 0.25) is 0 Å². The molecule has 1 N–H and O–H groups in total. The van der Waals surface area contributed by atoms with Crippen LogP contribution in [0.1, 0.15) is 47.0 Å². The van der Waals surface area contributed by atoms with Gasteiger partial charge in [0.05, 0.1) is 0 Å². The van der Waals surface area contributed by atoms with Crippen LogP contribution in [-0.2, 0) is 0 Å². The Morgan fingerprint density at radius 2 is 1.95 bits per heavy atom. The van der Waals surface area contributed by atoms with Crippen LogP contribution in [0.3, 0.4) is 0 Å². The molecule has 0 aromatic carbocycles. The Bertz CT molecular complexity index is 240. The minimum Gasteiger partial charge on any atom is -0.311 e. The van der Waals surface area contributed by atoms with Gasteiger partial charge in [0, 0.05) is 31.2 Å². The molecular formula is C16H35N3. The van der Waals surface area contributed by atoms with E-state index in [1.54, 1.807) is 0 Å². The zero-order chi connectivity index (χ0) is 14.4. The first-order valence-electron chi connectivity index (χ1n) is 8.07. The molecule has 1 aliphatic heterocycles. The summed E-state index contributed by atoms with van der Waals surface area (Å²) < 4.78 is 0. The summed E-state index contributed by atoms with van der Waals surface area (Å²) in [6, 6.07) is 2.11. The van der Waals surface area contributed by atoms with Crippen molar-refractivity contribution in [2.45, 2.75) is 65.1 Å². The predicted octanol–water partition coefficient (Wildman–Crippen LogP) is 2.43. The van der Waals surface area contributed by atoms with Crippen LogP contribution in [0, 0.1) is 5.92 Å². The average molecular weight is 269 g/mol. The van der Waals surface area contributed by atoms with Crippen molar-refractivity contribution in [1.29, 1.82) is 0 Å². The first kappa shape index (κ1) is 16.9. The van der Waals surface area contributed by atoms with E-state index in [4.69, 9.17) is 0 Å². The molecule has 19 heavy (non-hydrogen) atoms. The maximum atomic E-state index is 3.75. The van der Waals surface area contributed by atoms with Crippen molar-refractivity contribution >= 4 is 0 Å². The lowest BCUT2D eigenvalue weighted by Crippen LogP contribution is -2.59. The maximum Gasteiger partial charge on any atom is 0.0221 e. The van der Waals surface area contributed by atoms with Gasteiger partial charge in [-0.15, -0.1) is 0 Å². The fourth-order valence-electron chi connectivity index (χ4n) is 3.14. The van der Waals surface area contributed by atoms with E-state index in [2.05, 4.69) is 56.9 Å². The summed E-state index contributed by atoms with van der Waals surface area (Å²) in [6.45, 7) is 13.0. The number of piperazine rings is 1. The highest BCUT2D eigenvalue weighted by molar-refractivity contribution is 4.88. The minimum absolute atomic E-state index is 0.685. The lowest BCUT2D eigenvalue weighted by molar-refractivity contribution is 0.0733. The van der Waals surface area contributed by atoms with Gasteiger partial charge in [-0.1, -0.05) is 20.8 Å². The Labute approximate surface area is 120 Å². The number of nitrogens with zero attached hydrogens (tertiary/aromatic N) is 2. The Hall–Kier alpha value is -0.120. The largest absolute Gasteiger partial charge is 0.311 e. The summed E-state index contributed by atoms with van der Waals surface area (Å²) in [5.74, 6) is 0.787. The van der Waals surface area contributed by atoms with Gasteiger partial charge in [0.15, 0.2) is 0 Å². The standard InChI is InChI=1S/C16H35N3/c1-7-16-11-17-15(10-13(2)3)12-19(16)14(4)8-9-18(5)6/h13-17H,7-12H2,1-6H3. The fourth-order valence-corrected chi connectivity index (χ4v) is 3.14. The second kappa shape index (κ2) is 8.23. The molecule has 1 heterocycles. The fraction of sp³-hybridized carbons (Fsp3) is 1.00. The van der Waals surface area contributed by atoms with Crippen molar-refractivity contribution < 1.29 is 0 Å². The molecule has 0 radical (unpaired) electrons. The molecule has 1 fully saturated rings. The van der Waals surface area contributed by atoms with E-state index in [1.165, 1.54) is 38.9 Å². The third-order valence-corrected chi connectivity index (χ3v) is 4.33. The molecule has 1 saturated heterocycles. The van der Waals surface area contributed by atoms with Gasteiger partial charge in [0.1, 0.15) is 0 Å². The van der Waals surface area contributed by atoms with Gasteiger partial charge in [-0.25, -0.2) is 0 Å². The molecule has 0 spiro atoms. The van der Waals surface area contributed by atoms with E-state index >= 15 is 0 Å². The number of hydrogen-bond donors (Lipinski definition) is 1. The third kappa shape index (κ3) is 5.80. The predicted molar refractivity (Wildman–Crippen MR) is 84.7 cm³/mol. The number of hydrogen-bond acceptors (Lipinski definition) is 3. The van der Waals surface area contributed by atoms with Crippen molar-refractivity contribution in [1.82, 2.24) is 15.1 Å². The molecule has 3 nitrogen and oxygen atoms in total. The Balaban J connectivity index is 2.53. The Morgan fingerprint density at radius 1 is 1.26 bits per heavy atom. The van der Waals surface area contributed by atoms with Crippen molar-refractivity contribution in [3.8, 4) is 0 Å². The van der Waals surface area contributed by atoms with E-state index < -0.39 is 0 Å². The van der Waals surface area contributed by atoms with Gasteiger partial charge >= 0.3 is 0 Å². The van der Waals surface area contributed by atoms with Crippen LogP contribution < -0.4 is 5.32 Å². The van der Waals surface area contributed by atoms with Crippen LogP contribution in [0.2, 0.25) is 0 Å². The highest BCUT2D eigenvalue weighted by atomic mass is 15.3. The molecule has 0 aromatic heterocycles. The van der Waals surface area contributed by atoms with Crippen molar-refractivity contribution in [2.75, 3.05) is 33.7 Å². The van der Waals surface area contributed by atoms with Crippen molar-refractivity contribution in [3.05, 3.63) is 0 Å². The maximum absolute atomic E-state index is 3.75. The second-order valence-electron chi connectivity index (χ2n) is 6.93. The van der Waals surface area contributed by atoms with Crippen molar-refractivity contribution in [2.24, 2.45) is 5.92 Å². The molecule has 0 aromatic rings. The molecule has 3 heteroatoms. The zero-order valence-corrected chi connectivity index (χ0v) is 13.9. The lowest BCUT2D eigenvalue weighted by atomic mass is 9.97. The van der Waals surface area contributed by atoms with Crippen LogP contribution in [0.5, 0.6) is 0 Å². The molecule has 3 unspecified atom stereocenters. The van der Waals surface area contributed by atoms with E-state index in [-0.39, 0.29) is 0 Å². The third-order valence-electron chi connectivity index (χ3n) is 4.33. The van der Waals surface area contributed by atoms with E-state index in [9.17, 15) is 0 Å². The summed E-state index contributed by atoms with van der Waals surface area (Å²) >= 11 is 0. The monoisotopic (exact) mass is 269 g/mol. The van der Waals surface area contributed by atoms with E-state index in [0.717, 1.165) is 12.0 Å². The highest BCUT2D eigenvalue weighted by Crippen LogP contribution is 2.19. The molecule has 114 valence electrons. The molecule has 0 bridgehead atoms. The molecular weight excluding hydrogens is 234 g/mol. The van der Waals surface area contributed by atoms with E-state index in [0.29, 0.717) is 12.1 Å². The normalized spacial score (nSPS) is 27.2. The number of nitrogens with one attached hydrogen (secondary N) is 1. The van der Waals surface area contributed by atoms with Crippen LogP contribution in [0.4, 0.5) is 0 Å². The highest BCUT2D eigenvalue weighted by Gasteiger charge is 2.29. The minimum atomic E-state index is 0.685. The van der Waals surface area contributed by atoms with Crippen LogP contribution in [-0.4, -0.2) is 61.7 Å². The Kier molecular flexibility index (Phi) is 7.33. The lowest BCUT2D eigenvalue weighted by Gasteiger charge is -2.44. The van der Waals surface area contributed by atoms with Crippen LogP contribution >= 0.6 is 0 Å². The first-order chi connectivity index (χ1) is 8.93. The second-order valence-corrected chi connectivity index (χ2v) is 6.93. The first-order valence-corrected chi connectivity index (χ1v) is 8.07. The van der Waals surface area contributed by atoms with Gasteiger partial charge in [0.25, 0.3) is 0 Å². The summed E-state index contributed by atoms with van der Waals surface area (Å²) in [6.07, 6.45) is 3.83. The summed E-state index contributed by atoms with van der Waals surface area (Å²) in [7, 11) is 4.34. The van der Waals surface area contributed by atoms with Gasteiger partial charge in [-0.3, -0.25) is 4.90 Å². The van der Waals surface area contributed by atoms with Gasteiger partial charge in [-0.2, -0.15) is 0 Å².